The van der Waals surface area contributed by atoms with Gasteiger partial charge in [0.05, 0.1) is 6.04 Å². The van der Waals surface area contributed by atoms with E-state index in [0.717, 1.165) is 23.1 Å². The van der Waals surface area contributed by atoms with Gasteiger partial charge in [0.15, 0.2) is 0 Å². The van der Waals surface area contributed by atoms with Gasteiger partial charge < -0.3 is 10.6 Å². The van der Waals surface area contributed by atoms with E-state index in [-0.39, 0.29) is 11.9 Å². The van der Waals surface area contributed by atoms with Crippen LogP contribution in [-0.4, -0.2) is 11.9 Å². The van der Waals surface area contributed by atoms with Crippen molar-refractivity contribution >= 4 is 27.5 Å². The summed E-state index contributed by atoms with van der Waals surface area (Å²) in [5.41, 5.74) is 3.34. The van der Waals surface area contributed by atoms with Crippen LogP contribution in [0.15, 0.2) is 53.0 Å². The Morgan fingerprint density at radius 3 is 2.75 bits per heavy atom. The highest BCUT2D eigenvalue weighted by atomic mass is 79.9. The van der Waals surface area contributed by atoms with Crippen molar-refractivity contribution in [1.82, 2.24) is 5.32 Å². The lowest BCUT2D eigenvalue weighted by Crippen LogP contribution is -2.44. The minimum atomic E-state index is -0.177. The third-order valence-electron chi connectivity index (χ3n) is 3.49. The first-order chi connectivity index (χ1) is 9.72. The van der Waals surface area contributed by atoms with E-state index in [9.17, 15) is 4.79 Å². The number of fused-ring (bicyclic) bond motifs is 1. The van der Waals surface area contributed by atoms with Crippen molar-refractivity contribution in [3.05, 3.63) is 64.1 Å². The molecule has 0 radical (unpaired) electrons. The SMILES string of the molecule is O=C(Nc1cccc(Br)c1)C1Cc2ccccc2CN1. The number of hydrogen-bond donors (Lipinski definition) is 2. The van der Waals surface area contributed by atoms with Crippen LogP contribution in [0.1, 0.15) is 11.1 Å². The van der Waals surface area contributed by atoms with Crippen LogP contribution in [0, 0.1) is 0 Å². The van der Waals surface area contributed by atoms with Crippen molar-refractivity contribution < 1.29 is 4.79 Å². The first-order valence-corrected chi connectivity index (χ1v) is 7.38. The lowest BCUT2D eigenvalue weighted by molar-refractivity contribution is -0.118. The van der Waals surface area contributed by atoms with Crippen molar-refractivity contribution in [2.45, 2.75) is 19.0 Å². The largest absolute Gasteiger partial charge is 0.325 e. The number of halogens is 1. The van der Waals surface area contributed by atoms with Crippen LogP contribution in [0.25, 0.3) is 0 Å². The van der Waals surface area contributed by atoms with Gasteiger partial charge in [-0.25, -0.2) is 0 Å². The van der Waals surface area contributed by atoms with E-state index < -0.39 is 0 Å². The van der Waals surface area contributed by atoms with Gasteiger partial charge in [-0.15, -0.1) is 0 Å². The van der Waals surface area contributed by atoms with Crippen LogP contribution >= 0.6 is 15.9 Å². The monoisotopic (exact) mass is 330 g/mol. The minimum Gasteiger partial charge on any atom is -0.325 e. The van der Waals surface area contributed by atoms with Crippen molar-refractivity contribution in [1.29, 1.82) is 0 Å². The highest BCUT2D eigenvalue weighted by molar-refractivity contribution is 9.10. The predicted molar refractivity (Wildman–Crippen MR) is 83.5 cm³/mol. The first kappa shape index (κ1) is 13.3. The fourth-order valence-electron chi connectivity index (χ4n) is 2.44. The molecule has 2 aromatic carbocycles. The Morgan fingerprint density at radius 1 is 1.15 bits per heavy atom. The second kappa shape index (κ2) is 5.77. The molecule has 0 aliphatic carbocycles. The average Bonchev–Trinajstić information content (AvgIpc) is 2.47. The molecule has 0 fully saturated rings. The van der Waals surface area contributed by atoms with E-state index >= 15 is 0 Å². The average molecular weight is 331 g/mol. The predicted octanol–water partition coefficient (Wildman–Crippen LogP) is 3.10. The normalized spacial score (nSPS) is 17.4. The molecule has 102 valence electrons. The molecule has 4 heteroatoms. The maximum absolute atomic E-state index is 12.3. The molecule has 2 aromatic rings. The Balaban J connectivity index is 1.70. The quantitative estimate of drug-likeness (QED) is 0.888. The Morgan fingerprint density at radius 2 is 1.95 bits per heavy atom. The maximum Gasteiger partial charge on any atom is 0.241 e. The number of anilines is 1. The molecule has 1 aliphatic heterocycles. The maximum atomic E-state index is 12.3. The molecule has 1 heterocycles. The summed E-state index contributed by atoms with van der Waals surface area (Å²) < 4.78 is 0.956. The number of amides is 1. The van der Waals surface area contributed by atoms with Gasteiger partial charge in [-0.2, -0.15) is 0 Å². The molecule has 2 N–H and O–H groups in total. The Bertz CT molecular complexity index is 642. The van der Waals surface area contributed by atoms with Crippen molar-refractivity contribution in [3.63, 3.8) is 0 Å². The summed E-state index contributed by atoms with van der Waals surface area (Å²) in [5.74, 6) is 0.0117. The standard InChI is InChI=1S/C16H15BrN2O/c17-13-6-3-7-14(9-13)19-16(20)15-8-11-4-1-2-5-12(11)10-18-15/h1-7,9,15,18H,8,10H2,(H,19,20). The van der Waals surface area contributed by atoms with Crippen LogP contribution in [0.5, 0.6) is 0 Å². The molecule has 1 amide bonds. The van der Waals surface area contributed by atoms with E-state index in [0.29, 0.717) is 0 Å². The molecule has 0 saturated heterocycles. The van der Waals surface area contributed by atoms with Gasteiger partial charge in [-0.05, 0) is 35.7 Å². The van der Waals surface area contributed by atoms with E-state index in [1.165, 1.54) is 11.1 Å². The smallest absolute Gasteiger partial charge is 0.241 e. The van der Waals surface area contributed by atoms with Gasteiger partial charge in [-0.3, -0.25) is 4.79 Å². The fourth-order valence-corrected chi connectivity index (χ4v) is 2.83. The molecule has 0 spiro atoms. The van der Waals surface area contributed by atoms with Gasteiger partial charge in [0.2, 0.25) is 5.91 Å². The molecule has 1 atom stereocenters. The van der Waals surface area contributed by atoms with Crippen LogP contribution in [0.3, 0.4) is 0 Å². The Hall–Kier alpha value is -1.65. The van der Waals surface area contributed by atoms with Gasteiger partial charge in [0.1, 0.15) is 0 Å². The molecule has 1 aliphatic rings. The number of nitrogens with one attached hydrogen (secondary N) is 2. The summed E-state index contributed by atoms with van der Waals surface area (Å²) in [4.78, 5) is 12.3. The summed E-state index contributed by atoms with van der Waals surface area (Å²) in [6.07, 6.45) is 0.732. The van der Waals surface area contributed by atoms with Crippen LogP contribution in [0.4, 0.5) is 5.69 Å². The highest BCUT2D eigenvalue weighted by Crippen LogP contribution is 2.19. The summed E-state index contributed by atoms with van der Waals surface area (Å²) in [6.45, 7) is 0.743. The molecule has 20 heavy (non-hydrogen) atoms. The van der Waals surface area contributed by atoms with Gasteiger partial charge in [0, 0.05) is 16.7 Å². The fraction of sp³-hybridized carbons (Fsp3) is 0.188. The third kappa shape index (κ3) is 2.92. The molecule has 3 rings (SSSR count). The zero-order chi connectivity index (χ0) is 13.9. The van der Waals surface area contributed by atoms with Gasteiger partial charge >= 0.3 is 0 Å². The summed E-state index contributed by atoms with van der Waals surface area (Å²) in [6, 6.07) is 15.7. The van der Waals surface area contributed by atoms with Crippen molar-refractivity contribution in [2.75, 3.05) is 5.32 Å². The van der Waals surface area contributed by atoms with E-state index in [1.807, 2.05) is 36.4 Å². The number of hydrogen-bond acceptors (Lipinski definition) is 2. The lowest BCUT2D eigenvalue weighted by Gasteiger charge is -2.25. The third-order valence-corrected chi connectivity index (χ3v) is 3.98. The van der Waals surface area contributed by atoms with Crippen LogP contribution in [-0.2, 0) is 17.8 Å². The van der Waals surface area contributed by atoms with E-state index in [4.69, 9.17) is 0 Å². The zero-order valence-corrected chi connectivity index (χ0v) is 12.5. The van der Waals surface area contributed by atoms with Crippen molar-refractivity contribution in [2.24, 2.45) is 0 Å². The molecule has 0 saturated carbocycles. The topological polar surface area (TPSA) is 41.1 Å². The van der Waals surface area contributed by atoms with E-state index in [2.05, 4.69) is 38.7 Å². The number of carbonyl (C=O) groups is 1. The van der Waals surface area contributed by atoms with Crippen molar-refractivity contribution in [3.8, 4) is 0 Å². The second-order valence-corrected chi connectivity index (χ2v) is 5.82. The zero-order valence-electron chi connectivity index (χ0n) is 10.9. The number of rotatable bonds is 2. The van der Waals surface area contributed by atoms with Crippen LogP contribution < -0.4 is 10.6 Å². The van der Waals surface area contributed by atoms with Gasteiger partial charge in [-0.1, -0.05) is 46.3 Å². The summed E-state index contributed by atoms with van der Waals surface area (Å²) in [5, 5.41) is 6.24. The minimum absolute atomic E-state index is 0.0117. The Labute approximate surface area is 126 Å². The number of benzene rings is 2. The molecule has 1 unspecified atom stereocenters. The summed E-state index contributed by atoms with van der Waals surface area (Å²) in [7, 11) is 0. The molecular weight excluding hydrogens is 316 g/mol. The molecular formula is C16H15BrN2O. The Kier molecular flexibility index (Phi) is 3.85. The van der Waals surface area contributed by atoms with E-state index in [1.54, 1.807) is 0 Å². The highest BCUT2D eigenvalue weighted by Gasteiger charge is 2.23. The first-order valence-electron chi connectivity index (χ1n) is 6.59. The van der Waals surface area contributed by atoms with Crippen LogP contribution in [0.2, 0.25) is 0 Å². The lowest BCUT2D eigenvalue weighted by atomic mass is 9.95. The molecule has 0 aromatic heterocycles. The summed E-state index contributed by atoms with van der Waals surface area (Å²) >= 11 is 3.40. The second-order valence-electron chi connectivity index (χ2n) is 4.91. The number of carbonyl (C=O) groups excluding carboxylic acids is 1. The molecule has 0 bridgehead atoms. The molecule has 3 nitrogen and oxygen atoms in total. The van der Waals surface area contributed by atoms with Gasteiger partial charge in [0.25, 0.3) is 0 Å².